The quantitative estimate of drug-likeness (QED) is 0.195. The predicted molar refractivity (Wildman–Crippen MR) is 61.1 cm³/mol. The zero-order valence-corrected chi connectivity index (χ0v) is 8.57. The van der Waals surface area contributed by atoms with Crippen molar-refractivity contribution in [2.75, 3.05) is 12.3 Å². The third kappa shape index (κ3) is 4.08. The lowest BCUT2D eigenvalue weighted by molar-refractivity contribution is 1.01. The van der Waals surface area contributed by atoms with Crippen molar-refractivity contribution in [3.05, 3.63) is 39.8 Å². The van der Waals surface area contributed by atoms with Gasteiger partial charge in [-0.25, -0.2) is 0 Å². The Hall–Kier alpha value is -2.11. The molecule has 1 rings (SSSR count). The number of rotatable bonds is 2. The van der Waals surface area contributed by atoms with E-state index in [-0.39, 0.29) is 0 Å². The standard InChI is InChI=1S/C11H12N4/c1-9-6-10(8-11(12)7-9)4-2-3-5-14-15-13/h6-8H,3,5,12H2,1H3. The fourth-order valence-electron chi connectivity index (χ4n) is 1.20. The van der Waals surface area contributed by atoms with E-state index in [9.17, 15) is 0 Å². The molecule has 0 spiro atoms. The van der Waals surface area contributed by atoms with E-state index in [0.717, 1.165) is 11.1 Å². The van der Waals surface area contributed by atoms with Crippen LogP contribution in [-0.2, 0) is 0 Å². The molecular weight excluding hydrogens is 188 g/mol. The molecule has 0 amide bonds. The van der Waals surface area contributed by atoms with Gasteiger partial charge >= 0.3 is 0 Å². The fourth-order valence-corrected chi connectivity index (χ4v) is 1.20. The molecule has 0 radical (unpaired) electrons. The molecule has 1 aromatic rings. The third-order valence-corrected chi connectivity index (χ3v) is 1.73. The average Bonchev–Trinajstić information content (AvgIpc) is 2.16. The summed E-state index contributed by atoms with van der Waals surface area (Å²) in [5.41, 5.74) is 16.4. The summed E-state index contributed by atoms with van der Waals surface area (Å²) in [6, 6.07) is 5.69. The Balaban J connectivity index is 2.67. The molecule has 4 nitrogen and oxygen atoms in total. The normalized spacial score (nSPS) is 8.60. The molecule has 0 aliphatic rings. The average molecular weight is 200 g/mol. The molecule has 0 saturated carbocycles. The van der Waals surface area contributed by atoms with Gasteiger partial charge in [0.2, 0.25) is 0 Å². The number of nitrogen functional groups attached to an aromatic ring is 1. The molecule has 0 aliphatic carbocycles. The first kappa shape index (κ1) is 11.0. The van der Waals surface area contributed by atoms with Gasteiger partial charge in [-0.15, -0.1) is 0 Å². The van der Waals surface area contributed by atoms with Gasteiger partial charge in [-0.2, -0.15) is 0 Å². The monoisotopic (exact) mass is 200 g/mol. The minimum Gasteiger partial charge on any atom is -0.399 e. The van der Waals surface area contributed by atoms with E-state index in [4.69, 9.17) is 11.3 Å². The highest BCUT2D eigenvalue weighted by Gasteiger charge is 1.91. The van der Waals surface area contributed by atoms with Gasteiger partial charge in [0.05, 0.1) is 0 Å². The Labute approximate surface area is 88.7 Å². The maximum absolute atomic E-state index is 8.05. The van der Waals surface area contributed by atoms with Crippen molar-refractivity contribution in [3.63, 3.8) is 0 Å². The zero-order valence-electron chi connectivity index (χ0n) is 8.57. The topological polar surface area (TPSA) is 74.8 Å². The van der Waals surface area contributed by atoms with Crippen molar-refractivity contribution in [1.82, 2.24) is 0 Å². The number of azide groups is 1. The first-order valence-corrected chi connectivity index (χ1v) is 4.59. The lowest BCUT2D eigenvalue weighted by Gasteiger charge is -1.97. The minimum atomic E-state index is 0.408. The number of aryl methyl sites for hydroxylation is 1. The summed E-state index contributed by atoms with van der Waals surface area (Å²) < 4.78 is 0. The summed E-state index contributed by atoms with van der Waals surface area (Å²) in [5, 5.41) is 3.39. The lowest BCUT2D eigenvalue weighted by atomic mass is 10.1. The number of nitrogens with zero attached hydrogens (tertiary/aromatic N) is 3. The van der Waals surface area contributed by atoms with E-state index < -0.39 is 0 Å². The molecule has 4 heteroatoms. The summed E-state index contributed by atoms with van der Waals surface area (Å²) >= 11 is 0. The SMILES string of the molecule is Cc1cc(N)cc(C#CCCN=[N+]=[N-])c1. The van der Waals surface area contributed by atoms with Crippen LogP contribution in [0.3, 0.4) is 0 Å². The first-order valence-electron chi connectivity index (χ1n) is 4.59. The number of nitrogens with two attached hydrogens (primary N) is 1. The number of anilines is 1. The van der Waals surface area contributed by atoms with E-state index in [1.165, 1.54) is 0 Å². The predicted octanol–water partition coefficient (Wildman–Crippen LogP) is 2.63. The highest BCUT2D eigenvalue weighted by Crippen LogP contribution is 2.09. The van der Waals surface area contributed by atoms with Crippen LogP contribution in [0, 0.1) is 18.8 Å². The summed E-state index contributed by atoms with van der Waals surface area (Å²) in [6.45, 7) is 2.38. The van der Waals surface area contributed by atoms with Gasteiger partial charge in [-0.3, -0.25) is 0 Å². The third-order valence-electron chi connectivity index (χ3n) is 1.73. The van der Waals surface area contributed by atoms with Crippen molar-refractivity contribution < 1.29 is 0 Å². The van der Waals surface area contributed by atoms with Crippen LogP contribution in [0.4, 0.5) is 5.69 Å². The lowest BCUT2D eigenvalue weighted by Crippen LogP contribution is -1.87. The van der Waals surface area contributed by atoms with Crippen LogP contribution in [0.5, 0.6) is 0 Å². The second-order valence-corrected chi connectivity index (χ2v) is 3.14. The van der Waals surface area contributed by atoms with E-state index in [0.29, 0.717) is 18.7 Å². The summed E-state index contributed by atoms with van der Waals surface area (Å²) in [6.07, 6.45) is 0.567. The van der Waals surface area contributed by atoms with E-state index in [1.54, 1.807) is 0 Å². The van der Waals surface area contributed by atoms with Crippen molar-refractivity contribution in [2.45, 2.75) is 13.3 Å². The Morgan fingerprint density at radius 2 is 2.27 bits per heavy atom. The van der Waals surface area contributed by atoms with Crippen LogP contribution >= 0.6 is 0 Å². The fraction of sp³-hybridized carbons (Fsp3) is 0.273. The van der Waals surface area contributed by atoms with Crippen LogP contribution < -0.4 is 5.73 Å². The van der Waals surface area contributed by atoms with Crippen molar-refractivity contribution in [3.8, 4) is 11.8 Å². The van der Waals surface area contributed by atoms with Crippen molar-refractivity contribution >= 4 is 5.69 Å². The van der Waals surface area contributed by atoms with Crippen molar-refractivity contribution in [1.29, 1.82) is 0 Å². The maximum atomic E-state index is 8.05. The van der Waals surface area contributed by atoms with Gasteiger partial charge < -0.3 is 5.73 Å². The molecule has 0 bridgehead atoms. The second-order valence-electron chi connectivity index (χ2n) is 3.14. The van der Waals surface area contributed by atoms with Gasteiger partial charge in [0.25, 0.3) is 0 Å². The molecule has 0 unspecified atom stereocenters. The minimum absolute atomic E-state index is 0.408. The molecule has 0 atom stereocenters. The molecule has 0 saturated heterocycles. The van der Waals surface area contributed by atoms with Gasteiger partial charge in [0, 0.05) is 29.1 Å². The molecule has 76 valence electrons. The van der Waals surface area contributed by atoms with E-state index >= 15 is 0 Å². The number of hydrogen-bond donors (Lipinski definition) is 1. The van der Waals surface area contributed by atoms with Gasteiger partial charge in [-0.05, 0) is 36.2 Å². The second kappa shape index (κ2) is 5.58. The van der Waals surface area contributed by atoms with Crippen LogP contribution in [0.15, 0.2) is 23.3 Å². The molecule has 0 heterocycles. The Morgan fingerprint density at radius 3 is 2.93 bits per heavy atom. The molecule has 1 aromatic carbocycles. The summed E-state index contributed by atoms with van der Waals surface area (Å²) in [5.74, 6) is 5.89. The van der Waals surface area contributed by atoms with Crippen LogP contribution in [0.2, 0.25) is 0 Å². The number of benzene rings is 1. The van der Waals surface area contributed by atoms with Crippen molar-refractivity contribution in [2.24, 2.45) is 5.11 Å². The molecule has 2 N–H and O–H groups in total. The van der Waals surface area contributed by atoms with Crippen LogP contribution in [0.25, 0.3) is 10.4 Å². The highest BCUT2D eigenvalue weighted by molar-refractivity contribution is 5.49. The largest absolute Gasteiger partial charge is 0.399 e. The van der Waals surface area contributed by atoms with Crippen LogP contribution in [0.1, 0.15) is 17.5 Å². The molecule has 0 aliphatic heterocycles. The van der Waals surface area contributed by atoms with E-state index in [2.05, 4.69) is 21.9 Å². The van der Waals surface area contributed by atoms with Gasteiger partial charge in [0.1, 0.15) is 0 Å². The molecule has 0 aromatic heterocycles. The van der Waals surface area contributed by atoms with Gasteiger partial charge in [-0.1, -0.05) is 17.0 Å². The highest BCUT2D eigenvalue weighted by atomic mass is 15.1. The smallest absolute Gasteiger partial charge is 0.0367 e. The Kier molecular flexibility index (Phi) is 4.08. The maximum Gasteiger partial charge on any atom is 0.0367 e. The zero-order chi connectivity index (χ0) is 11.1. The summed E-state index contributed by atoms with van der Waals surface area (Å²) in [4.78, 5) is 2.65. The van der Waals surface area contributed by atoms with E-state index in [1.807, 2.05) is 25.1 Å². The molecule has 15 heavy (non-hydrogen) atoms. The Bertz CT molecular complexity index is 427. The van der Waals surface area contributed by atoms with Gasteiger partial charge in [0.15, 0.2) is 0 Å². The van der Waals surface area contributed by atoms with Crippen LogP contribution in [-0.4, -0.2) is 6.54 Å². The summed E-state index contributed by atoms with van der Waals surface area (Å²) in [7, 11) is 0. The number of hydrogen-bond acceptors (Lipinski definition) is 2. The molecule has 0 fully saturated rings. The Morgan fingerprint density at radius 1 is 1.47 bits per heavy atom. The molecular formula is C11H12N4. The first-order chi connectivity index (χ1) is 7.22.